The van der Waals surface area contributed by atoms with Gasteiger partial charge in [-0.05, 0) is 67.3 Å². The van der Waals surface area contributed by atoms with Crippen LogP contribution in [0.3, 0.4) is 0 Å². The number of benzene rings is 3. The molecular weight excluding hydrogens is 438 g/mol. The summed E-state index contributed by atoms with van der Waals surface area (Å²) >= 11 is 0. The average molecular weight is 470 g/mol. The molecule has 1 N–H and O–H groups in total. The van der Waals surface area contributed by atoms with Gasteiger partial charge in [0.2, 0.25) is 0 Å². The zero-order valence-electron chi connectivity index (χ0n) is 20.5. The Bertz CT molecular complexity index is 1260. The first-order valence-corrected chi connectivity index (χ1v) is 12.1. The summed E-state index contributed by atoms with van der Waals surface area (Å²) in [7, 11) is 0. The van der Waals surface area contributed by atoms with E-state index < -0.39 is 17.7 Å². The lowest BCUT2D eigenvalue weighted by Gasteiger charge is -2.27. The minimum Gasteiger partial charge on any atom is -0.507 e. The second kappa shape index (κ2) is 10.6. The van der Waals surface area contributed by atoms with E-state index in [2.05, 4.69) is 6.92 Å². The molecule has 180 valence electrons. The number of amides is 1. The minimum atomic E-state index is -0.734. The van der Waals surface area contributed by atoms with Crippen molar-refractivity contribution in [2.24, 2.45) is 0 Å². The molecule has 1 unspecified atom stereocenters. The van der Waals surface area contributed by atoms with Crippen molar-refractivity contribution in [3.63, 3.8) is 0 Å². The van der Waals surface area contributed by atoms with Gasteiger partial charge in [-0.3, -0.25) is 14.5 Å². The third-order valence-electron chi connectivity index (χ3n) is 6.45. The maximum atomic E-state index is 13.3. The van der Waals surface area contributed by atoms with Gasteiger partial charge in [0.05, 0.1) is 18.2 Å². The molecule has 0 saturated carbocycles. The van der Waals surface area contributed by atoms with Gasteiger partial charge in [-0.1, -0.05) is 62.2 Å². The molecule has 0 spiro atoms. The van der Waals surface area contributed by atoms with Crippen molar-refractivity contribution >= 4 is 23.1 Å². The van der Waals surface area contributed by atoms with Gasteiger partial charge in [0, 0.05) is 11.3 Å². The number of carbonyl (C=O) groups excluding carboxylic acids is 2. The van der Waals surface area contributed by atoms with Crippen molar-refractivity contribution in [1.82, 2.24) is 0 Å². The summed E-state index contributed by atoms with van der Waals surface area (Å²) < 4.78 is 5.77. The van der Waals surface area contributed by atoms with E-state index in [0.29, 0.717) is 23.6 Å². The summed E-state index contributed by atoms with van der Waals surface area (Å²) in [6, 6.07) is 21.4. The van der Waals surface area contributed by atoms with Crippen molar-refractivity contribution in [1.29, 1.82) is 0 Å². The van der Waals surface area contributed by atoms with Gasteiger partial charge in [0.15, 0.2) is 0 Å². The summed E-state index contributed by atoms with van der Waals surface area (Å²) in [4.78, 5) is 28.2. The largest absolute Gasteiger partial charge is 0.507 e. The molecule has 1 fully saturated rings. The molecule has 5 nitrogen and oxygen atoms in total. The molecule has 3 aromatic rings. The van der Waals surface area contributed by atoms with Gasteiger partial charge < -0.3 is 9.84 Å². The van der Waals surface area contributed by atoms with E-state index in [9.17, 15) is 14.7 Å². The van der Waals surface area contributed by atoms with Gasteiger partial charge >= 0.3 is 0 Å². The molecule has 0 aliphatic carbocycles. The highest BCUT2D eigenvalue weighted by Crippen LogP contribution is 2.43. The molecule has 3 aromatic carbocycles. The van der Waals surface area contributed by atoms with Crippen LogP contribution in [0.1, 0.15) is 54.5 Å². The van der Waals surface area contributed by atoms with Crippen LogP contribution in [0, 0.1) is 13.8 Å². The number of unbranched alkanes of at least 4 members (excludes halogenated alkanes) is 2. The van der Waals surface area contributed by atoms with Gasteiger partial charge in [-0.2, -0.15) is 0 Å². The number of Topliss-reactive ketones (excluding diaryl/α,β-unsaturated/α-hetero) is 1. The fourth-order valence-electron chi connectivity index (χ4n) is 4.51. The molecule has 1 heterocycles. The topological polar surface area (TPSA) is 66.8 Å². The van der Waals surface area contributed by atoms with E-state index in [0.717, 1.165) is 36.0 Å². The van der Waals surface area contributed by atoms with E-state index in [1.807, 2.05) is 62.4 Å². The predicted octanol–water partition coefficient (Wildman–Crippen LogP) is 6.50. The highest BCUT2D eigenvalue weighted by Gasteiger charge is 2.47. The van der Waals surface area contributed by atoms with Gasteiger partial charge in [0.25, 0.3) is 11.7 Å². The molecular formula is C30H31NO4. The maximum absolute atomic E-state index is 13.3. The number of carbonyl (C=O) groups is 2. The number of anilines is 1. The Morgan fingerprint density at radius 2 is 1.54 bits per heavy atom. The maximum Gasteiger partial charge on any atom is 0.300 e. The van der Waals surface area contributed by atoms with Crippen LogP contribution in [0.4, 0.5) is 5.69 Å². The van der Waals surface area contributed by atoms with Crippen LogP contribution in [-0.4, -0.2) is 23.4 Å². The zero-order chi connectivity index (χ0) is 24.9. The second-order valence-corrected chi connectivity index (χ2v) is 8.89. The number of aryl methyl sites for hydroxylation is 2. The molecule has 35 heavy (non-hydrogen) atoms. The van der Waals surface area contributed by atoms with E-state index in [1.54, 1.807) is 24.3 Å². The van der Waals surface area contributed by atoms with Crippen molar-refractivity contribution in [2.45, 2.75) is 46.1 Å². The SMILES string of the molecule is CCCCCOc1ccc(/C(O)=C2\C(=O)C(=O)N(c3ccccc3C)C2c2ccccc2C)cc1. The van der Waals surface area contributed by atoms with Crippen LogP contribution in [0.5, 0.6) is 5.75 Å². The standard InChI is InChI=1S/C30H31NO4/c1-4-5-10-19-35-23-17-15-22(16-18-23)28(32)26-27(24-13-8-6-11-20(24)2)31(30(34)29(26)33)25-14-9-7-12-21(25)3/h6-9,11-18,27,32H,4-5,10,19H2,1-3H3/b28-26+. The van der Waals surface area contributed by atoms with Gasteiger partial charge in [0.1, 0.15) is 11.5 Å². The van der Waals surface area contributed by atoms with Crippen LogP contribution in [-0.2, 0) is 9.59 Å². The van der Waals surface area contributed by atoms with Gasteiger partial charge in [-0.25, -0.2) is 0 Å². The van der Waals surface area contributed by atoms with E-state index in [4.69, 9.17) is 4.74 Å². The summed E-state index contributed by atoms with van der Waals surface area (Å²) in [6.45, 7) is 6.62. The lowest BCUT2D eigenvalue weighted by Crippen LogP contribution is -2.30. The third kappa shape index (κ3) is 4.85. The number of nitrogens with zero attached hydrogens (tertiary/aromatic N) is 1. The number of aliphatic hydroxyl groups excluding tert-OH is 1. The monoisotopic (exact) mass is 469 g/mol. The van der Waals surface area contributed by atoms with E-state index in [-0.39, 0.29) is 11.3 Å². The van der Waals surface area contributed by atoms with Crippen molar-refractivity contribution in [3.05, 3.63) is 101 Å². The van der Waals surface area contributed by atoms with Gasteiger partial charge in [-0.15, -0.1) is 0 Å². The summed E-state index contributed by atoms with van der Waals surface area (Å²) in [5.74, 6) is -0.831. The Kier molecular flexibility index (Phi) is 7.35. The number of ketones is 1. The average Bonchev–Trinajstić information content (AvgIpc) is 3.12. The Morgan fingerprint density at radius 1 is 0.886 bits per heavy atom. The zero-order valence-corrected chi connectivity index (χ0v) is 20.5. The first-order valence-electron chi connectivity index (χ1n) is 12.1. The predicted molar refractivity (Wildman–Crippen MR) is 139 cm³/mol. The smallest absolute Gasteiger partial charge is 0.300 e. The highest BCUT2D eigenvalue weighted by molar-refractivity contribution is 6.51. The Balaban J connectivity index is 1.78. The molecule has 5 heteroatoms. The number of para-hydroxylation sites is 1. The first kappa shape index (κ1) is 24.3. The summed E-state index contributed by atoms with van der Waals surface area (Å²) in [5, 5.41) is 11.3. The highest BCUT2D eigenvalue weighted by atomic mass is 16.5. The summed E-state index contributed by atoms with van der Waals surface area (Å²) in [6.07, 6.45) is 3.22. The Hall–Kier alpha value is -3.86. The van der Waals surface area contributed by atoms with Crippen molar-refractivity contribution in [3.8, 4) is 5.75 Å². The molecule has 1 atom stereocenters. The fourth-order valence-corrected chi connectivity index (χ4v) is 4.51. The number of rotatable bonds is 8. The Labute approximate surface area is 206 Å². The van der Waals surface area contributed by atoms with E-state index >= 15 is 0 Å². The van der Waals surface area contributed by atoms with Crippen molar-refractivity contribution < 1.29 is 19.4 Å². The van der Waals surface area contributed by atoms with E-state index in [1.165, 1.54) is 4.90 Å². The lowest BCUT2D eigenvalue weighted by atomic mass is 9.92. The number of hydrogen-bond donors (Lipinski definition) is 1. The molecule has 1 saturated heterocycles. The third-order valence-corrected chi connectivity index (χ3v) is 6.45. The minimum absolute atomic E-state index is 0.0872. The van der Waals surface area contributed by atoms with Crippen LogP contribution in [0.15, 0.2) is 78.4 Å². The van der Waals surface area contributed by atoms with Crippen LogP contribution < -0.4 is 9.64 Å². The molecule has 0 aromatic heterocycles. The molecule has 1 amide bonds. The first-order chi connectivity index (χ1) is 16.9. The molecule has 1 aliphatic heterocycles. The van der Waals surface area contributed by atoms with Crippen molar-refractivity contribution in [2.75, 3.05) is 11.5 Å². The number of ether oxygens (including phenoxy) is 1. The number of aliphatic hydroxyl groups is 1. The molecule has 1 aliphatic rings. The number of hydrogen-bond acceptors (Lipinski definition) is 4. The van der Waals surface area contributed by atoms with Crippen LogP contribution in [0.2, 0.25) is 0 Å². The van der Waals surface area contributed by atoms with Crippen LogP contribution >= 0.6 is 0 Å². The normalized spacial score (nSPS) is 17.1. The quantitative estimate of drug-likeness (QED) is 0.177. The lowest BCUT2D eigenvalue weighted by molar-refractivity contribution is -0.132. The fraction of sp³-hybridized carbons (Fsp3) is 0.267. The Morgan fingerprint density at radius 3 is 2.20 bits per heavy atom. The molecule has 4 rings (SSSR count). The van der Waals surface area contributed by atoms with Crippen LogP contribution in [0.25, 0.3) is 5.76 Å². The summed E-state index contributed by atoms with van der Waals surface area (Å²) in [5.41, 5.74) is 3.80. The second-order valence-electron chi connectivity index (χ2n) is 8.89. The molecule has 0 bridgehead atoms. The molecule has 0 radical (unpaired) electrons.